The zero-order valence-electron chi connectivity index (χ0n) is 17.2. The molecule has 1 aliphatic heterocycles. The lowest BCUT2D eigenvalue weighted by Crippen LogP contribution is -2.29. The number of aromatic nitrogens is 1. The number of fused-ring (bicyclic) bond motifs is 1. The molecule has 0 spiro atoms. The van der Waals surface area contributed by atoms with Crippen LogP contribution in [0.5, 0.6) is 0 Å². The van der Waals surface area contributed by atoms with Crippen molar-refractivity contribution >= 4 is 44.4 Å². The summed E-state index contributed by atoms with van der Waals surface area (Å²) < 4.78 is 0. The van der Waals surface area contributed by atoms with Gasteiger partial charge in [-0.3, -0.25) is 0 Å². The zero-order valence-corrected chi connectivity index (χ0v) is 18.0. The second-order valence-corrected chi connectivity index (χ2v) is 8.78. The van der Waals surface area contributed by atoms with Gasteiger partial charge in [-0.25, -0.2) is 4.98 Å². The van der Waals surface area contributed by atoms with Crippen molar-refractivity contribution in [3.63, 3.8) is 0 Å². The molecule has 0 unspecified atom stereocenters. The van der Waals surface area contributed by atoms with Crippen LogP contribution in [-0.2, 0) is 0 Å². The maximum atomic E-state index is 4.85. The van der Waals surface area contributed by atoms with E-state index < -0.39 is 0 Å². The molecule has 0 bridgehead atoms. The van der Waals surface area contributed by atoms with Crippen molar-refractivity contribution in [2.45, 2.75) is 19.3 Å². The fourth-order valence-electron chi connectivity index (χ4n) is 3.99. The number of benzene rings is 2. The topological polar surface area (TPSA) is 40.2 Å². The molecule has 4 aromatic rings. The Labute approximate surface area is 181 Å². The van der Waals surface area contributed by atoms with Crippen molar-refractivity contribution in [3.8, 4) is 10.4 Å². The number of nitrogens with zero attached hydrogens (tertiary/aromatic N) is 2. The average molecular weight is 415 g/mol. The fraction of sp³-hybridized carbons (Fsp3) is 0.240. The Kier molecular flexibility index (Phi) is 5.28. The smallest absolute Gasteiger partial charge is 0.132 e. The van der Waals surface area contributed by atoms with Crippen LogP contribution in [0.25, 0.3) is 20.7 Å². The van der Waals surface area contributed by atoms with Crippen LogP contribution >= 0.6 is 11.3 Å². The second kappa shape index (κ2) is 8.36. The third kappa shape index (κ3) is 3.98. The molecule has 1 fully saturated rings. The first-order chi connectivity index (χ1) is 14.8. The molecular weight excluding hydrogens is 388 g/mol. The van der Waals surface area contributed by atoms with Crippen molar-refractivity contribution in [2.75, 3.05) is 35.7 Å². The lowest BCUT2D eigenvalue weighted by molar-refractivity contribution is 0.578. The summed E-state index contributed by atoms with van der Waals surface area (Å²) in [5, 5.41) is 7.80. The van der Waals surface area contributed by atoms with Crippen LogP contribution in [0.1, 0.15) is 19.3 Å². The van der Waals surface area contributed by atoms with Crippen molar-refractivity contribution in [2.24, 2.45) is 0 Å². The van der Waals surface area contributed by atoms with Gasteiger partial charge in [0.25, 0.3) is 0 Å². The largest absolute Gasteiger partial charge is 0.388 e. The van der Waals surface area contributed by atoms with Gasteiger partial charge in [-0.1, -0.05) is 12.1 Å². The summed E-state index contributed by atoms with van der Waals surface area (Å²) in [6, 6.07) is 23.7. The first-order valence-electron chi connectivity index (χ1n) is 10.6. The van der Waals surface area contributed by atoms with Crippen LogP contribution < -0.4 is 15.5 Å². The van der Waals surface area contributed by atoms with Crippen molar-refractivity contribution in [1.82, 2.24) is 4.98 Å². The predicted octanol–water partition coefficient (Wildman–Crippen LogP) is 6.74. The molecule has 1 aliphatic rings. The molecule has 5 rings (SSSR count). The van der Waals surface area contributed by atoms with E-state index in [4.69, 9.17) is 4.98 Å². The zero-order chi connectivity index (χ0) is 20.3. The van der Waals surface area contributed by atoms with Gasteiger partial charge in [0.05, 0.1) is 0 Å². The molecule has 0 radical (unpaired) electrons. The lowest BCUT2D eigenvalue weighted by atomic mass is 10.1. The van der Waals surface area contributed by atoms with Crippen LogP contribution in [-0.4, -0.2) is 25.1 Å². The van der Waals surface area contributed by atoms with E-state index in [1.807, 2.05) is 7.05 Å². The highest BCUT2D eigenvalue weighted by atomic mass is 32.1. The third-order valence-electron chi connectivity index (χ3n) is 5.70. The van der Waals surface area contributed by atoms with E-state index in [0.29, 0.717) is 0 Å². The highest BCUT2D eigenvalue weighted by Crippen LogP contribution is 2.34. The molecule has 2 aromatic heterocycles. The van der Waals surface area contributed by atoms with E-state index in [9.17, 15) is 0 Å². The number of hydrogen-bond donors (Lipinski definition) is 2. The molecule has 2 N–H and O–H groups in total. The lowest BCUT2D eigenvalue weighted by Gasteiger charge is -2.28. The summed E-state index contributed by atoms with van der Waals surface area (Å²) in [6.07, 6.45) is 3.95. The maximum absolute atomic E-state index is 4.85. The van der Waals surface area contributed by atoms with Gasteiger partial charge in [-0.15, -0.1) is 11.3 Å². The normalized spacial score (nSPS) is 14.1. The Hall–Kier alpha value is -3.05. The number of hydrogen-bond acceptors (Lipinski definition) is 5. The number of nitrogens with one attached hydrogen (secondary N) is 2. The summed E-state index contributed by atoms with van der Waals surface area (Å²) in [7, 11) is 1.94. The quantitative estimate of drug-likeness (QED) is 0.379. The minimum absolute atomic E-state index is 0.882. The number of anilines is 4. The fourth-order valence-corrected chi connectivity index (χ4v) is 5.02. The van der Waals surface area contributed by atoms with E-state index in [-0.39, 0.29) is 0 Å². The van der Waals surface area contributed by atoms with E-state index in [2.05, 4.69) is 82.3 Å². The van der Waals surface area contributed by atoms with Crippen LogP contribution in [0.4, 0.5) is 22.9 Å². The van der Waals surface area contributed by atoms with Crippen LogP contribution in [0.2, 0.25) is 0 Å². The second-order valence-electron chi connectivity index (χ2n) is 7.75. The molecule has 30 heavy (non-hydrogen) atoms. The minimum atomic E-state index is 0.882. The van der Waals surface area contributed by atoms with Crippen molar-refractivity contribution in [3.05, 3.63) is 66.7 Å². The molecule has 0 amide bonds. The van der Waals surface area contributed by atoms with Crippen LogP contribution in [0, 0.1) is 0 Å². The summed E-state index contributed by atoms with van der Waals surface area (Å²) in [5.41, 5.74) is 4.73. The highest BCUT2D eigenvalue weighted by molar-refractivity contribution is 7.21. The van der Waals surface area contributed by atoms with Gasteiger partial charge in [-0.05, 0) is 79.4 Å². The Balaban J connectivity index is 1.33. The van der Waals surface area contributed by atoms with Gasteiger partial charge in [-0.2, -0.15) is 0 Å². The standard InChI is InChI=1S/C25H26N4S/c1-26-20-8-5-18(6-9-20)23-17-19-7-14-24(28-25(19)30-23)27-21-10-12-22(13-11-21)29-15-3-2-4-16-29/h5-14,17,26H,2-4,15-16H2,1H3,(H,27,28). The first kappa shape index (κ1) is 18.9. The Morgan fingerprint density at radius 2 is 1.57 bits per heavy atom. The van der Waals surface area contributed by atoms with Crippen molar-refractivity contribution in [1.29, 1.82) is 0 Å². The summed E-state index contributed by atoms with van der Waals surface area (Å²) in [5.74, 6) is 0.882. The SMILES string of the molecule is CNc1ccc(-c2cc3ccc(Nc4ccc(N5CCCCC5)cc4)nc3s2)cc1. The molecule has 2 aromatic carbocycles. The average Bonchev–Trinajstić information content (AvgIpc) is 3.24. The molecule has 0 saturated carbocycles. The van der Waals surface area contributed by atoms with Gasteiger partial charge in [0.2, 0.25) is 0 Å². The van der Waals surface area contributed by atoms with Gasteiger partial charge in [0, 0.05) is 47.5 Å². The predicted molar refractivity (Wildman–Crippen MR) is 130 cm³/mol. The number of thiophene rings is 1. The highest BCUT2D eigenvalue weighted by Gasteiger charge is 2.11. The molecule has 4 nitrogen and oxygen atoms in total. The first-order valence-corrected chi connectivity index (χ1v) is 11.4. The van der Waals surface area contributed by atoms with Crippen LogP contribution in [0.15, 0.2) is 66.7 Å². The van der Waals surface area contributed by atoms with E-state index >= 15 is 0 Å². The van der Waals surface area contributed by atoms with Crippen molar-refractivity contribution < 1.29 is 0 Å². The number of rotatable bonds is 5. The summed E-state index contributed by atoms with van der Waals surface area (Å²) >= 11 is 1.73. The Morgan fingerprint density at radius 3 is 2.30 bits per heavy atom. The maximum Gasteiger partial charge on any atom is 0.132 e. The van der Waals surface area contributed by atoms with Gasteiger partial charge >= 0.3 is 0 Å². The minimum Gasteiger partial charge on any atom is -0.388 e. The molecule has 3 heterocycles. The van der Waals surface area contributed by atoms with Gasteiger partial charge in [0.15, 0.2) is 0 Å². The van der Waals surface area contributed by atoms with E-state index in [0.717, 1.165) is 22.0 Å². The van der Waals surface area contributed by atoms with Gasteiger partial charge in [0.1, 0.15) is 10.6 Å². The summed E-state index contributed by atoms with van der Waals surface area (Å²) in [4.78, 5) is 9.62. The molecule has 0 atom stereocenters. The Morgan fingerprint density at radius 1 is 0.833 bits per heavy atom. The number of piperidine rings is 1. The molecular formula is C25H26N4S. The van der Waals surface area contributed by atoms with E-state index in [1.165, 1.54) is 53.9 Å². The molecule has 152 valence electrons. The molecule has 0 aliphatic carbocycles. The number of pyridine rings is 1. The van der Waals surface area contributed by atoms with Gasteiger partial charge < -0.3 is 15.5 Å². The summed E-state index contributed by atoms with van der Waals surface area (Å²) in [6.45, 7) is 2.34. The third-order valence-corrected chi connectivity index (χ3v) is 6.80. The monoisotopic (exact) mass is 414 g/mol. The molecule has 5 heteroatoms. The molecule has 1 saturated heterocycles. The van der Waals surface area contributed by atoms with Crippen LogP contribution in [0.3, 0.4) is 0 Å². The van der Waals surface area contributed by atoms with E-state index in [1.54, 1.807) is 11.3 Å². The Bertz CT molecular complexity index is 1130.